The first-order valence-corrected chi connectivity index (χ1v) is 7.29. The van der Waals surface area contributed by atoms with E-state index in [1.54, 1.807) is 0 Å². The van der Waals surface area contributed by atoms with Crippen molar-refractivity contribution >= 4 is 5.69 Å². The maximum absolute atomic E-state index is 8.90. The largest absolute Gasteiger partial charge is 0.374 e. The Bertz CT molecular complexity index is 685. The molecule has 3 heteroatoms. The van der Waals surface area contributed by atoms with Crippen molar-refractivity contribution < 1.29 is 0 Å². The lowest BCUT2D eigenvalue weighted by Gasteiger charge is -2.12. The summed E-state index contributed by atoms with van der Waals surface area (Å²) in [7, 11) is 2.14. The van der Waals surface area contributed by atoms with Gasteiger partial charge in [-0.25, -0.2) is 0 Å². The number of fused-ring (bicyclic) bond motifs is 1. The molecule has 1 N–H and O–H groups in total. The molecule has 3 nitrogen and oxygen atoms in total. The second kappa shape index (κ2) is 5.99. The Labute approximate surface area is 125 Å². The van der Waals surface area contributed by atoms with Crippen molar-refractivity contribution in [3.8, 4) is 6.07 Å². The van der Waals surface area contributed by atoms with E-state index in [4.69, 9.17) is 5.26 Å². The van der Waals surface area contributed by atoms with Crippen molar-refractivity contribution in [2.75, 3.05) is 18.5 Å². The van der Waals surface area contributed by atoms with Gasteiger partial charge >= 0.3 is 0 Å². The third-order valence-corrected chi connectivity index (χ3v) is 3.99. The van der Waals surface area contributed by atoms with Gasteiger partial charge < -0.3 is 10.2 Å². The van der Waals surface area contributed by atoms with Crippen LogP contribution in [0.2, 0.25) is 0 Å². The molecule has 21 heavy (non-hydrogen) atoms. The number of hydrogen-bond acceptors (Lipinski definition) is 3. The minimum Gasteiger partial charge on any atom is -0.374 e. The fourth-order valence-corrected chi connectivity index (χ4v) is 2.83. The van der Waals surface area contributed by atoms with E-state index >= 15 is 0 Å². The fraction of sp³-hybridized carbons (Fsp3) is 0.278. The highest BCUT2D eigenvalue weighted by atomic mass is 15.1. The number of rotatable bonds is 4. The molecule has 1 aliphatic rings. The first kappa shape index (κ1) is 13.7. The van der Waals surface area contributed by atoms with Gasteiger partial charge in [-0.3, -0.25) is 0 Å². The number of nitrogens with zero attached hydrogens (tertiary/aromatic N) is 2. The second-order valence-electron chi connectivity index (χ2n) is 5.55. The molecular formula is C18H19N3. The van der Waals surface area contributed by atoms with Gasteiger partial charge in [-0.2, -0.15) is 5.26 Å². The molecule has 0 saturated heterocycles. The topological polar surface area (TPSA) is 39.1 Å². The summed E-state index contributed by atoms with van der Waals surface area (Å²) in [6.07, 6.45) is 1.14. The molecule has 1 heterocycles. The minimum atomic E-state index is 0.717. The number of anilines is 1. The van der Waals surface area contributed by atoms with Crippen molar-refractivity contribution in [2.45, 2.75) is 19.5 Å². The van der Waals surface area contributed by atoms with E-state index in [9.17, 15) is 0 Å². The molecule has 0 fully saturated rings. The summed E-state index contributed by atoms with van der Waals surface area (Å²) in [5.74, 6) is 0. The zero-order chi connectivity index (χ0) is 14.7. The summed E-state index contributed by atoms with van der Waals surface area (Å²) in [6, 6.07) is 16.6. The molecule has 0 amide bonds. The van der Waals surface area contributed by atoms with Crippen LogP contribution in [0.5, 0.6) is 0 Å². The van der Waals surface area contributed by atoms with Crippen LogP contribution in [0.15, 0.2) is 42.5 Å². The number of nitriles is 1. The number of nitrogens with one attached hydrogen (secondary N) is 1. The summed E-state index contributed by atoms with van der Waals surface area (Å²) in [6.45, 7) is 2.76. The van der Waals surface area contributed by atoms with E-state index in [1.165, 1.54) is 16.8 Å². The van der Waals surface area contributed by atoms with Crippen molar-refractivity contribution in [1.29, 1.82) is 5.26 Å². The third kappa shape index (κ3) is 3.07. The lowest BCUT2D eigenvalue weighted by molar-refractivity contribution is 0.693. The van der Waals surface area contributed by atoms with E-state index in [2.05, 4.69) is 41.5 Å². The molecule has 2 aromatic rings. The maximum Gasteiger partial charge on any atom is 0.0991 e. The van der Waals surface area contributed by atoms with Gasteiger partial charge in [0, 0.05) is 32.4 Å². The quantitative estimate of drug-likeness (QED) is 0.934. The summed E-state index contributed by atoms with van der Waals surface area (Å²) < 4.78 is 0. The van der Waals surface area contributed by atoms with Crippen LogP contribution in [0.25, 0.3) is 0 Å². The molecule has 0 bridgehead atoms. The smallest absolute Gasteiger partial charge is 0.0991 e. The molecule has 106 valence electrons. The van der Waals surface area contributed by atoms with E-state index in [1.807, 2.05) is 24.3 Å². The van der Waals surface area contributed by atoms with Crippen LogP contribution in [-0.2, 0) is 19.5 Å². The second-order valence-corrected chi connectivity index (χ2v) is 5.55. The average Bonchev–Trinajstić information content (AvgIpc) is 2.88. The van der Waals surface area contributed by atoms with Crippen LogP contribution in [0.4, 0.5) is 5.69 Å². The molecule has 0 saturated carbocycles. The Balaban J connectivity index is 1.60. The first-order chi connectivity index (χ1) is 10.3. The Morgan fingerprint density at radius 2 is 1.95 bits per heavy atom. The average molecular weight is 277 g/mol. The Morgan fingerprint density at radius 1 is 1.14 bits per heavy atom. The summed E-state index contributed by atoms with van der Waals surface area (Å²) in [5.41, 5.74) is 5.99. The first-order valence-electron chi connectivity index (χ1n) is 7.29. The Kier molecular flexibility index (Phi) is 3.89. The highest BCUT2D eigenvalue weighted by molar-refractivity contribution is 5.58. The van der Waals surface area contributed by atoms with Gasteiger partial charge in [-0.1, -0.05) is 24.3 Å². The summed E-state index contributed by atoms with van der Waals surface area (Å²) >= 11 is 0. The highest BCUT2D eigenvalue weighted by Crippen LogP contribution is 2.27. The Hall–Kier alpha value is -2.31. The lowest BCUT2D eigenvalue weighted by Crippen LogP contribution is -2.13. The summed E-state index contributed by atoms with van der Waals surface area (Å²) in [5, 5.41) is 12.4. The van der Waals surface area contributed by atoms with Crippen molar-refractivity contribution in [1.82, 2.24) is 5.32 Å². The van der Waals surface area contributed by atoms with Gasteiger partial charge in [-0.15, -0.1) is 0 Å². The van der Waals surface area contributed by atoms with Gasteiger partial charge in [-0.05, 0) is 41.3 Å². The van der Waals surface area contributed by atoms with Crippen molar-refractivity contribution in [3.05, 3.63) is 64.7 Å². The Morgan fingerprint density at radius 3 is 2.76 bits per heavy atom. The molecule has 0 aromatic heterocycles. The van der Waals surface area contributed by atoms with Crippen molar-refractivity contribution in [2.24, 2.45) is 0 Å². The molecule has 0 spiro atoms. The molecule has 0 radical (unpaired) electrons. The zero-order valence-corrected chi connectivity index (χ0v) is 12.3. The van der Waals surface area contributed by atoms with E-state index in [-0.39, 0.29) is 0 Å². The van der Waals surface area contributed by atoms with E-state index < -0.39 is 0 Å². The van der Waals surface area contributed by atoms with E-state index in [0.29, 0.717) is 0 Å². The number of hydrogen-bond donors (Lipinski definition) is 1. The van der Waals surface area contributed by atoms with E-state index in [0.717, 1.165) is 37.2 Å². The summed E-state index contributed by atoms with van der Waals surface area (Å²) in [4.78, 5) is 2.31. The normalized spacial score (nSPS) is 13.0. The predicted octanol–water partition coefficient (Wildman–Crippen LogP) is 2.84. The zero-order valence-electron chi connectivity index (χ0n) is 12.3. The maximum atomic E-state index is 8.90. The van der Waals surface area contributed by atoms with Crippen LogP contribution in [0.3, 0.4) is 0 Å². The van der Waals surface area contributed by atoms with Crippen LogP contribution in [-0.4, -0.2) is 13.6 Å². The standard InChI is InChI=1S/C18H19N3/c1-21-8-7-17-10-16(5-6-18(17)21)13-20-12-15-4-2-3-14(9-15)11-19/h2-6,9-10,20H,7-8,12-13H2,1H3. The van der Waals surface area contributed by atoms with Gasteiger partial charge in [0.2, 0.25) is 0 Å². The lowest BCUT2D eigenvalue weighted by atomic mass is 10.1. The van der Waals surface area contributed by atoms with Crippen LogP contribution in [0, 0.1) is 11.3 Å². The number of likely N-dealkylation sites (N-methyl/N-ethyl adjacent to an activating group) is 1. The molecule has 2 aromatic carbocycles. The predicted molar refractivity (Wildman–Crippen MR) is 85.1 cm³/mol. The molecule has 0 atom stereocenters. The van der Waals surface area contributed by atoms with Crippen LogP contribution < -0.4 is 10.2 Å². The molecule has 1 aliphatic heterocycles. The number of benzene rings is 2. The van der Waals surface area contributed by atoms with Gasteiger partial charge in [0.25, 0.3) is 0 Å². The highest BCUT2D eigenvalue weighted by Gasteiger charge is 2.15. The monoisotopic (exact) mass is 277 g/mol. The minimum absolute atomic E-state index is 0.717. The van der Waals surface area contributed by atoms with Crippen molar-refractivity contribution in [3.63, 3.8) is 0 Å². The van der Waals surface area contributed by atoms with Gasteiger partial charge in [0.15, 0.2) is 0 Å². The van der Waals surface area contributed by atoms with Gasteiger partial charge in [0.1, 0.15) is 0 Å². The fourth-order valence-electron chi connectivity index (χ4n) is 2.83. The molecule has 0 aliphatic carbocycles. The van der Waals surface area contributed by atoms with Crippen LogP contribution in [0.1, 0.15) is 22.3 Å². The molecule has 0 unspecified atom stereocenters. The van der Waals surface area contributed by atoms with Gasteiger partial charge in [0.05, 0.1) is 11.6 Å². The van der Waals surface area contributed by atoms with Crippen LogP contribution >= 0.6 is 0 Å². The molecular weight excluding hydrogens is 258 g/mol. The molecule has 3 rings (SSSR count). The SMILES string of the molecule is CN1CCc2cc(CNCc3cccc(C#N)c3)ccc21. The third-order valence-electron chi connectivity index (χ3n) is 3.99.